The molecule has 6 nitrogen and oxygen atoms in total. The fourth-order valence-corrected chi connectivity index (χ4v) is 3.68. The quantitative estimate of drug-likeness (QED) is 0.437. The molecule has 0 aromatic heterocycles. The SMILES string of the molecule is Cc1ccc(C(N(CC2CO2)CC2CO2)N(CC2CO2)CC2CO2)cc1. The molecule has 4 saturated heterocycles. The highest BCUT2D eigenvalue weighted by atomic mass is 16.6. The first-order valence-corrected chi connectivity index (χ1v) is 9.75. The van der Waals surface area contributed by atoms with E-state index < -0.39 is 0 Å². The molecule has 4 atom stereocenters. The summed E-state index contributed by atoms with van der Waals surface area (Å²) < 4.78 is 22.2. The van der Waals surface area contributed by atoms with Crippen LogP contribution in [0, 0.1) is 6.92 Å². The highest BCUT2D eigenvalue weighted by Gasteiger charge is 2.40. The van der Waals surface area contributed by atoms with Crippen molar-refractivity contribution in [2.75, 3.05) is 52.6 Å². The van der Waals surface area contributed by atoms with Crippen molar-refractivity contribution in [1.29, 1.82) is 0 Å². The van der Waals surface area contributed by atoms with Crippen LogP contribution < -0.4 is 0 Å². The van der Waals surface area contributed by atoms with Crippen molar-refractivity contribution in [1.82, 2.24) is 9.80 Å². The van der Waals surface area contributed by atoms with Gasteiger partial charge in [0.2, 0.25) is 0 Å². The number of aryl methyl sites for hydroxylation is 1. The summed E-state index contributed by atoms with van der Waals surface area (Å²) in [5, 5.41) is 0. The van der Waals surface area contributed by atoms with E-state index in [0.717, 1.165) is 52.6 Å². The summed E-state index contributed by atoms with van der Waals surface area (Å²) in [6.45, 7) is 9.44. The third-order valence-electron chi connectivity index (χ3n) is 5.43. The first-order chi connectivity index (χ1) is 12.7. The van der Waals surface area contributed by atoms with Gasteiger partial charge in [0, 0.05) is 26.2 Å². The maximum absolute atomic E-state index is 5.56. The van der Waals surface area contributed by atoms with Gasteiger partial charge in [0.15, 0.2) is 0 Å². The summed E-state index contributed by atoms with van der Waals surface area (Å²) >= 11 is 0. The third kappa shape index (κ3) is 4.63. The minimum Gasteiger partial charge on any atom is -0.372 e. The topological polar surface area (TPSA) is 56.6 Å². The summed E-state index contributed by atoms with van der Waals surface area (Å²) in [5.74, 6) is 0. The molecule has 0 spiro atoms. The average molecular weight is 360 g/mol. The van der Waals surface area contributed by atoms with Gasteiger partial charge >= 0.3 is 0 Å². The van der Waals surface area contributed by atoms with Crippen molar-refractivity contribution < 1.29 is 18.9 Å². The molecule has 1 aromatic carbocycles. The minimum atomic E-state index is 0.206. The molecule has 0 aliphatic carbocycles. The van der Waals surface area contributed by atoms with Gasteiger partial charge in [0.25, 0.3) is 0 Å². The number of hydrogen-bond donors (Lipinski definition) is 0. The Hall–Kier alpha value is -1.02. The molecule has 0 bridgehead atoms. The fraction of sp³-hybridized carbons (Fsp3) is 0.700. The molecular formula is C20H28N2O4. The average Bonchev–Trinajstić information content (AvgIpc) is 3.42. The summed E-state index contributed by atoms with van der Waals surface area (Å²) in [5.41, 5.74) is 2.62. The fourth-order valence-electron chi connectivity index (χ4n) is 3.68. The summed E-state index contributed by atoms with van der Waals surface area (Å²) in [4.78, 5) is 5.09. The van der Waals surface area contributed by atoms with E-state index in [2.05, 4.69) is 41.0 Å². The van der Waals surface area contributed by atoms with E-state index in [1.165, 1.54) is 11.1 Å². The molecule has 6 heteroatoms. The standard InChI is InChI=1S/C20H28N2O4/c1-14-2-4-15(5-3-14)20(21(6-16-10-23-16)7-17-11-24-17)22(8-18-12-25-18)9-19-13-26-19/h2-5,16-20H,6-13H2,1H3. The monoisotopic (exact) mass is 360 g/mol. The molecule has 4 unspecified atom stereocenters. The molecule has 4 heterocycles. The second kappa shape index (κ2) is 7.19. The van der Waals surface area contributed by atoms with Crippen molar-refractivity contribution in [3.63, 3.8) is 0 Å². The maximum atomic E-state index is 5.56. The Morgan fingerprint density at radius 1 is 0.731 bits per heavy atom. The molecule has 4 aliphatic heterocycles. The van der Waals surface area contributed by atoms with Gasteiger partial charge in [-0.3, -0.25) is 9.80 Å². The zero-order chi connectivity index (χ0) is 17.5. The number of hydrogen-bond acceptors (Lipinski definition) is 6. The Morgan fingerprint density at radius 2 is 1.08 bits per heavy atom. The highest BCUT2D eigenvalue weighted by Crippen LogP contribution is 2.32. The Bertz CT molecular complexity index is 549. The molecule has 0 saturated carbocycles. The Labute approximate surface area is 154 Å². The first kappa shape index (κ1) is 17.1. The number of nitrogens with zero attached hydrogens (tertiary/aromatic N) is 2. The predicted octanol–water partition coefficient (Wildman–Crippen LogP) is 1.19. The van der Waals surface area contributed by atoms with Crippen molar-refractivity contribution in [3.05, 3.63) is 35.4 Å². The smallest absolute Gasteiger partial charge is 0.0937 e. The molecule has 142 valence electrons. The molecule has 1 aromatic rings. The van der Waals surface area contributed by atoms with E-state index in [0.29, 0.717) is 24.4 Å². The number of rotatable bonds is 11. The van der Waals surface area contributed by atoms with Gasteiger partial charge in [-0.1, -0.05) is 29.8 Å². The van der Waals surface area contributed by atoms with Crippen molar-refractivity contribution in [2.45, 2.75) is 37.5 Å². The lowest BCUT2D eigenvalue weighted by Crippen LogP contribution is -2.47. The van der Waals surface area contributed by atoms with E-state index in [1.54, 1.807) is 0 Å². The first-order valence-electron chi connectivity index (χ1n) is 9.75. The van der Waals surface area contributed by atoms with E-state index in [-0.39, 0.29) is 6.17 Å². The maximum Gasteiger partial charge on any atom is 0.0937 e. The lowest BCUT2D eigenvalue weighted by Gasteiger charge is -2.39. The van der Waals surface area contributed by atoms with Gasteiger partial charge in [-0.2, -0.15) is 0 Å². The van der Waals surface area contributed by atoms with E-state index >= 15 is 0 Å². The van der Waals surface area contributed by atoms with Crippen LogP contribution in [0.25, 0.3) is 0 Å². The van der Waals surface area contributed by atoms with Gasteiger partial charge in [0.05, 0.1) is 57.0 Å². The zero-order valence-electron chi connectivity index (χ0n) is 15.4. The van der Waals surface area contributed by atoms with Gasteiger partial charge in [-0.25, -0.2) is 0 Å². The number of epoxide rings is 4. The molecule has 5 rings (SSSR count). The molecule has 0 radical (unpaired) electrons. The van der Waals surface area contributed by atoms with E-state index in [1.807, 2.05) is 0 Å². The molecule has 0 N–H and O–H groups in total. The molecule has 4 fully saturated rings. The normalized spacial score (nSPS) is 32.7. The molecule has 4 aliphatic rings. The molecular weight excluding hydrogens is 332 g/mol. The van der Waals surface area contributed by atoms with Crippen LogP contribution in [0.4, 0.5) is 0 Å². The van der Waals surface area contributed by atoms with Crippen LogP contribution in [-0.4, -0.2) is 86.8 Å². The third-order valence-corrected chi connectivity index (χ3v) is 5.43. The summed E-state index contributed by atoms with van der Waals surface area (Å²) in [6, 6.07) is 8.95. The van der Waals surface area contributed by atoms with Gasteiger partial charge < -0.3 is 18.9 Å². The van der Waals surface area contributed by atoms with Crippen LogP contribution in [0.15, 0.2) is 24.3 Å². The second-order valence-corrected chi connectivity index (χ2v) is 8.01. The van der Waals surface area contributed by atoms with Gasteiger partial charge in [0.1, 0.15) is 0 Å². The lowest BCUT2D eigenvalue weighted by molar-refractivity contribution is 0.0220. The Balaban J connectivity index is 1.42. The predicted molar refractivity (Wildman–Crippen MR) is 96.0 cm³/mol. The lowest BCUT2D eigenvalue weighted by atomic mass is 10.1. The minimum absolute atomic E-state index is 0.206. The van der Waals surface area contributed by atoms with Crippen LogP contribution >= 0.6 is 0 Å². The van der Waals surface area contributed by atoms with Crippen molar-refractivity contribution >= 4 is 0 Å². The van der Waals surface area contributed by atoms with Crippen LogP contribution in [0.1, 0.15) is 17.3 Å². The molecule has 0 amide bonds. The second-order valence-electron chi connectivity index (χ2n) is 8.01. The zero-order valence-corrected chi connectivity index (χ0v) is 15.4. The summed E-state index contributed by atoms with van der Waals surface area (Å²) in [6.07, 6.45) is 1.64. The van der Waals surface area contributed by atoms with Gasteiger partial charge in [-0.05, 0) is 12.5 Å². The number of benzene rings is 1. The van der Waals surface area contributed by atoms with Crippen LogP contribution in [-0.2, 0) is 18.9 Å². The van der Waals surface area contributed by atoms with E-state index in [4.69, 9.17) is 18.9 Å². The largest absolute Gasteiger partial charge is 0.372 e. The van der Waals surface area contributed by atoms with Crippen LogP contribution in [0.5, 0.6) is 0 Å². The van der Waals surface area contributed by atoms with Crippen LogP contribution in [0.3, 0.4) is 0 Å². The Morgan fingerprint density at radius 3 is 1.38 bits per heavy atom. The number of ether oxygens (including phenoxy) is 4. The van der Waals surface area contributed by atoms with Gasteiger partial charge in [-0.15, -0.1) is 0 Å². The van der Waals surface area contributed by atoms with E-state index in [9.17, 15) is 0 Å². The van der Waals surface area contributed by atoms with Crippen molar-refractivity contribution in [3.8, 4) is 0 Å². The Kier molecular flexibility index (Phi) is 4.73. The molecule has 26 heavy (non-hydrogen) atoms. The van der Waals surface area contributed by atoms with Crippen LogP contribution in [0.2, 0.25) is 0 Å². The highest BCUT2D eigenvalue weighted by molar-refractivity contribution is 5.24. The summed E-state index contributed by atoms with van der Waals surface area (Å²) in [7, 11) is 0. The van der Waals surface area contributed by atoms with Crippen molar-refractivity contribution in [2.24, 2.45) is 0 Å².